The van der Waals surface area contributed by atoms with E-state index in [0.29, 0.717) is 18.6 Å². The summed E-state index contributed by atoms with van der Waals surface area (Å²) in [6.45, 7) is 1.93. The number of ether oxygens (including phenoxy) is 2. The summed E-state index contributed by atoms with van der Waals surface area (Å²) in [7, 11) is 3.23. The molecule has 0 fully saturated rings. The van der Waals surface area contributed by atoms with Crippen molar-refractivity contribution in [3.8, 4) is 22.8 Å². The molecule has 0 aliphatic rings. The molecule has 0 aliphatic heterocycles. The molecule has 0 aliphatic carbocycles. The maximum absolute atomic E-state index is 12.4. The largest absolute Gasteiger partial charge is 0.497 e. The molecule has 0 bridgehead atoms. The highest BCUT2D eigenvalue weighted by Gasteiger charge is 2.16. The minimum absolute atomic E-state index is 0.0463. The lowest BCUT2D eigenvalue weighted by Gasteiger charge is -2.18. The average Bonchev–Trinajstić information content (AvgIpc) is 3.21. The molecule has 1 aromatic heterocycles. The van der Waals surface area contributed by atoms with Crippen molar-refractivity contribution >= 4 is 5.91 Å². The summed E-state index contributed by atoms with van der Waals surface area (Å²) < 4.78 is 16.5. The molecule has 3 aromatic rings. The highest BCUT2D eigenvalue weighted by molar-refractivity contribution is 5.76. The first kappa shape index (κ1) is 19.5. The van der Waals surface area contributed by atoms with E-state index in [2.05, 4.69) is 5.32 Å². The van der Waals surface area contributed by atoms with Gasteiger partial charge in [0.2, 0.25) is 5.91 Å². The van der Waals surface area contributed by atoms with Gasteiger partial charge in [-0.3, -0.25) is 4.79 Å². The van der Waals surface area contributed by atoms with E-state index in [1.807, 2.05) is 67.6 Å². The Kier molecular flexibility index (Phi) is 6.37. The first-order valence-electron chi connectivity index (χ1n) is 9.26. The van der Waals surface area contributed by atoms with Crippen LogP contribution in [0.3, 0.4) is 0 Å². The summed E-state index contributed by atoms with van der Waals surface area (Å²) in [6, 6.07) is 19.1. The van der Waals surface area contributed by atoms with Crippen molar-refractivity contribution in [2.45, 2.75) is 25.8 Å². The number of rotatable bonds is 8. The number of carbonyl (C=O) groups is 1. The van der Waals surface area contributed by atoms with E-state index in [9.17, 15) is 4.79 Å². The molecule has 0 radical (unpaired) electrons. The number of furan rings is 1. The predicted molar refractivity (Wildman–Crippen MR) is 109 cm³/mol. The third-order valence-corrected chi connectivity index (χ3v) is 4.60. The number of carbonyl (C=O) groups excluding carboxylic acids is 1. The van der Waals surface area contributed by atoms with Gasteiger partial charge in [-0.25, -0.2) is 0 Å². The van der Waals surface area contributed by atoms with E-state index in [0.717, 1.165) is 28.4 Å². The maximum Gasteiger partial charge on any atom is 0.220 e. The van der Waals surface area contributed by atoms with Crippen LogP contribution in [0.15, 0.2) is 65.1 Å². The van der Waals surface area contributed by atoms with Gasteiger partial charge in [0.1, 0.15) is 23.0 Å². The molecule has 5 heteroatoms. The van der Waals surface area contributed by atoms with Crippen LogP contribution in [-0.4, -0.2) is 20.1 Å². The van der Waals surface area contributed by atoms with Crippen LogP contribution in [0.4, 0.5) is 0 Å². The first-order chi connectivity index (χ1) is 13.6. The lowest BCUT2D eigenvalue weighted by molar-refractivity contribution is -0.121. The van der Waals surface area contributed by atoms with Gasteiger partial charge < -0.3 is 19.2 Å². The zero-order valence-corrected chi connectivity index (χ0v) is 16.4. The Morgan fingerprint density at radius 3 is 2.54 bits per heavy atom. The van der Waals surface area contributed by atoms with Gasteiger partial charge in [0.15, 0.2) is 0 Å². The molecule has 0 spiro atoms. The number of amides is 1. The Bertz CT molecular complexity index is 917. The summed E-state index contributed by atoms with van der Waals surface area (Å²) in [5, 5.41) is 3.01. The van der Waals surface area contributed by atoms with E-state index in [1.165, 1.54) is 0 Å². The third kappa shape index (κ3) is 4.74. The number of nitrogens with one attached hydrogen (secondary N) is 1. The van der Waals surface area contributed by atoms with Crippen molar-refractivity contribution in [3.63, 3.8) is 0 Å². The van der Waals surface area contributed by atoms with Crippen LogP contribution in [-0.2, 0) is 11.2 Å². The van der Waals surface area contributed by atoms with Crippen molar-refractivity contribution in [1.29, 1.82) is 0 Å². The quantitative estimate of drug-likeness (QED) is 0.612. The van der Waals surface area contributed by atoms with Gasteiger partial charge >= 0.3 is 0 Å². The van der Waals surface area contributed by atoms with E-state index in [4.69, 9.17) is 13.9 Å². The molecule has 0 saturated heterocycles. The Morgan fingerprint density at radius 1 is 1.04 bits per heavy atom. The third-order valence-electron chi connectivity index (χ3n) is 4.60. The van der Waals surface area contributed by atoms with E-state index in [-0.39, 0.29) is 11.9 Å². The van der Waals surface area contributed by atoms with Gasteiger partial charge in [0, 0.05) is 24.0 Å². The van der Waals surface area contributed by atoms with Crippen LogP contribution in [0.25, 0.3) is 11.3 Å². The van der Waals surface area contributed by atoms with Gasteiger partial charge in [-0.05, 0) is 37.3 Å². The molecule has 1 heterocycles. The van der Waals surface area contributed by atoms with Crippen molar-refractivity contribution in [1.82, 2.24) is 5.32 Å². The molecule has 28 heavy (non-hydrogen) atoms. The average molecular weight is 379 g/mol. The fourth-order valence-electron chi connectivity index (χ4n) is 3.08. The topological polar surface area (TPSA) is 60.7 Å². The summed E-state index contributed by atoms with van der Waals surface area (Å²) >= 11 is 0. The number of benzene rings is 2. The Morgan fingerprint density at radius 2 is 1.82 bits per heavy atom. The van der Waals surface area contributed by atoms with E-state index >= 15 is 0 Å². The normalized spacial score (nSPS) is 11.7. The maximum atomic E-state index is 12.4. The molecular weight excluding hydrogens is 354 g/mol. The smallest absolute Gasteiger partial charge is 0.220 e. The van der Waals surface area contributed by atoms with Crippen LogP contribution >= 0.6 is 0 Å². The number of hydrogen-bond acceptors (Lipinski definition) is 4. The van der Waals surface area contributed by atoms with Gasteiger partial charge in [-0.2, -0.15) is 0 Å². The molecule has 5 nitrogen and oxygen atoms in total. The molecule has 1 unspecified atom stereocenters. The molecule has 3 rings (SSSR count). The van der Waals surface area contributed by atoms with Crippen LogP contribution < -0.4 is 14.8 Å². The fraction of sp³-hybridized carbons (Fsp3) is 0.261. The van der Waals surface area contributed by atoms with Crippen LogP contribution in [0.1, 0.15) is 30.7 Å². The summed E-state index contributed by atoms with van der Waals surface area (Å²) in [6.07, 6.45) is 0.888. The second-order valence-electron chi connectivity index (χ2n) is 6.53. The molecule has 1 amide bonds. The molecule has 1 atom stereocenters. The highest BCUT2D eigenvalue weighted by Crippen LogP contribution is 2.29. The second kappa shape index (κ2) is 9.13. The second-order valence-corrected chi connectivity index (χ2v) is 6.53. The zero-order valence-electron chi connectivity index (χ0n) is 16.4. The SMILES string of the molecule is COc1ccc(OC)c(C(C)NC(=O)CCc2ccc(-c3ccccc3)o2)c1. The van der Waals surface area contributed by atoms with Crippen molar-refractivity contribution in [2.24, 2.45) is 0 Å². The number of aryl methyl sites for hydroxylation is 1. The number of hydrogen-bond donors (Lipinski definition) is 1. The lowest BCUT2D eigenvalue weighted by atomic mass is 10.1. The van der Waals surface area contributed by atoms with Gasteiger partial charge in [0.25, 0.3) is 0 Å². The van der Waals surface area contributed by atoms with Crippen molar-refractivity contribution in [3.05, 3.63) is 72.0 Å². The Hall–Kier alpha value is -3.21. The van der Waals surface area contributed by atoms with Crippen LogP contribution in [0.2, 0.25) is 0 Å². The lowest BCUT2D eigenvalue weighted by Crippen LogP contribution is -2.27. The van der Waals surface area contributed by atoms with E-state index in [1.54, 1.807) is 14.2 Å². The monoisotopic (exact) mass is 379 g/mol. The predicted octanol–water partition coefficient (Wildman–Crippen LogP) is 4.77. The Labute approximate surface area is 165 Å². The Balaban J connectivity index is 1.58. The van der Waals surface area contributed by atoms with Crippen molar-refractivity contribution < 1.29 is 18.7 Å². The highest BCUT2D eigenvalue weighted by atomic mass is 16.5. The first-order valence-corrected chi connectivity index (χ1v) is 9.26. The zero-order chi connectivity index (χ0) is 19.9. The number of methoxy groups -OCH3 is 2. The standard InChI is InChI=1S/C23H25NO4/c1-16(20-15-19(26-2)10-13-22(20)27-3)24-23(25)14-11-18-9-12-21(28-18)17-7-5-4-6-8-17/h4-10,12-13,15-16H,11,14H2,1-3H3,(H,24,25). The minimum Gasteiger partial charge on any atom is -0.497 e. The molecule has 0 saturated carbocycles. The van der Waals surface area contributed by atoms with Gasteiger partial charge in [-0.1, -0.05) is 30.3 Å². The van der Waals surface area contributed by atoms with Gasteiger partial charge in [-0.15, -0.1) is 0 Å². The van der Waals surface area contributed by atoms with E-state index < -0.39 is 0 Å². The molecule has 2 aromatic carbocycles. The minimum atomic E-state index is -0.200. The summed E-state index contributed by atoms with van der Waals surface area (Å²) in [5.74, 6) is 2.99. The molecular formula is C23H25NO4. The summed E-state index contributed by atoms with van der Waals surface area (Å²) in [5.41, 5.74) is 1.90. The van der Waals surface area contributed by atoms with Crippen LogP contribution in [0.5, 0.6) is 11.5 Å². The van der Waals surface area contributed by atoms with Gasteiger partial charge in [0.05, 0.1) is 20.3 Å². The van der Waals surface area contributed by atoms with Crippen molar-refractivity contribution in [2.75, 3.05) is 14.2 Å². The molecule has 1 N–H and O–H groups in total. The fourth-order valence-corrected chi connectivity index (χ4v) is 3.08. The summed E-state index contributed by atoms with van der Waals surface area (Å²) in [4.78, 5) is 12.4. The van der Waals surface area contributed by atoms with Crippen LogP contribution in [0, 0.1) is 0 Å². The molecule has 146 valence electrons.